The molecule has 0 atom stereocenters. The van der Waals surface area contributed by atoms with Crippen molar-refractivity contribution in [3.05, 3.63) is 67.3 Å². The zero-order chi connectivity index (χ0) is 19.9. The van der Waals surface area contributed by atoms with E-state index in [0.29, 0.717) is 31.4 Å². The highest BCUT2D eigenvalue weighted by Crippen LogP contribution is 2.32. The van der Waals surface area contributed by atoms with Crippen LogP contribution in [0.1, 0.15) is 0 Å². The molecule has 8 heteroatoms. The lowest BCUT2D eigenvalue weighted by Gasteiger charge is -2.26. The number of benzene rings is 1. The van der Waals surface area contributed by atoms with Gasteiger partial charge in [-0.1, -0.05) is 6.07 Å². The molecule has 148 valence electrons. The van der Waals surface area contributed by atoms with Gasteiger partial charge in [0.15, 0.2) is 0 Å². The van der Waals surface area contributed by atoms with Gasteiger partial charge in [-0.3, -0.25) is 19.6 Å². The highest BCUT2D eigenvalue weighted by molar-refractivity contribution is 5.93. The van der Waals surface area contributed by atoms with Crippen LogP contribution >= 0.6 is 0 Å². The number of ether oxygens (including phenoxy) is 1. The summed E-state index contributed by atoms with van der Waals surface area (Å²) >= 11 is 0. The van der Waals surface area contributed by atoms with E-state index in [9.17, 15) is 4.79 Å². The molecule has 0 bridgehead atoms. The van der Waals surface area contributed by atoms with Crippen LogP contribution in [0.3, 0.4) is 0 Å². The third kappa shape index (κ3) is 4.92. The summed E-state index contributed by atoms with van der Waals surface area (Å²) in [6.45, 7) is 3.22. The van der Waals surface area contributed by atoms with Crippen LogP contribution < -0.4 is 10.2 Å². The van der Waals surface area contributed by atoms with E-state index in [1.807, 2.05) is 41.3 Å². The van der Waals surface area contributed by atoms with Gasteiger partial charge in [0.2, 0.25) is 11.9 Å². The first-order chi connectivity index (χ1) is 14.3. The molecule has 29 heavy (non-hydrogen) atoms. The van der Waals surface area contributed by atoms with E-state index in [1.54, 1.807) is 30.9 Å². The van der Waals surface area contributed by atoms with Gasteiger partial charge in [-0.05, 0) is 36.4 Å². The fraction of sp³-hybridized carbons (Fsp3) is 0.238. The number of hydrogen-bond donors (Lipinski definition) is 1. The van der Waals surface area contributed by atoms with Crippen molar-refractivity contribution >= 4 is 28.9 Å². The van der Waals surface area contributed by atoms with Crippen LogP contribution in [0.25, 0.3) is 0 Å². The van der Waals surface area contributed by atoms with Gasteiger partial charge in [-0.25, -0.2) is 9.97 Å². The molecule has 0 unspecified atom stereocenters. The Hall–Kier alpha value is -3.36. The van der Waals surface area contributed by atoms with Crippen LogP contribution in [-0.2, 0) is 9.53 Å². The van der Waals surface area contributed by atoms with E-state index < -0.39 is 0 Å². The molecule has 3 aromatic rings. The number of pyridine rings is 1. The fourth-order valence-corrected chi connectivity index (χ4v) is 3.16. The lowest BCUT2D eigenvalue weighted by atomic mass is 10.2. The molecule has 4 rings (SSSR count). The highest BCUT2D eigenvalue weighted by atomic mass is 16.5. The number of nitrogens with zero attached hydrogens (tertiary/aromatic N) is 5. The summed E-state index contributed by atoms with van der Waals surface area (Å²) in [5, 5.41) is 2.98. The van der Waals surface area contributed by atoms with Gasteiger partial charge in [0, 0.05) is 37.4 Å². The van der Waals surface area contributed by atoms with Gasteiger partial charge in [-0.15, -0.1) is 0 Å². The number of carbonyl (C=O) groups excluding carboxylic acids is 1. The lowest BCUT2D eigenvalue weighted by Crippen LogP contribution is -2.41. The minimum Gasteiger partial charge on any atom is -0.379 e. The molecule has 0 spiro atoms. The number of aromatic nitrogens is 3. The molecule has 0 radical (unpaired) electrons. The topological polar surface area (TPSA) is 83.5 Å². The van der Waals surface area contributed by atoms with Gasteiger partial charge < -0.3 is 10.1 Å². The number of morpholine rings is 1. The lowest BCUT2D eigenvalue weighted by molar-refractivity contribution is -0.118. The molecule has 1 amide bonds. The molecule has 2 aromatic heterocycles. The predicted molar refractivity (Wildman–Crippen MR) is 110 cm³/mol. The van der Waals surface area contributed by atoms with Gasteiger partial charge >= 0.3 is 0 Å². The highest BCUT2D eigenvalue weighted by Gasteiger charge is 2.17. The van der Waals surface area contributed by atoms with Crippen LogP contribution in [0.4, 0.5) is 23.0 Å². The summed E-state index contributed by atoms with van der Waals surface area (Å²) in [6, 6.07) is 13.2. The van der Waals surface area contributed by atoms with Gasteiger partial charge in [-0.2, -0.15) is 0 Å². The van der Waals surface area contributed by atoms with Crippen LogP contribution in [0.2, 0.25) is 0 Å². The molecular formula is C21H22N6O2. The molecule has 1 aliphatic rings. The molecular weight excluding hydrogens is 368 g/mol. The third-order valence-corrected chi connectivity index (χ3v) is 4.52. The average Bonchev–Trinajstić information content (AvgIpc) is 2.76. The zero-order valence-corrected chi connectivity index (χ0v) is 15.9. The Morgan fingerprint density at radius 1 is 1.03 bits per heavy atom. The first kappa shape index (κ1) is 19.0. The Morgan fingerprint density at radius 3 is 2.59 bits per heavy atom. The first-order valence-corrected chi connectivity index (χ1v) is 9.47. The largest absolute Gasteiger partial charge is 0.379 e. The average molecular weight is 390 g/mol. The Bertz CT molecular complexity index is 893. The number of rotatable bonds is 6. The Balaban J connectivity index is 1.56. The molecule has 3 heterocycles. The second kappa shape index (κ2) is 9.22. The summed E-state index contributed by atoms with van der Waals surface area (Å²) in [4.78, 5) is 29.4. The quantitative estimate of drug-likeness (QED) is 0.693. The van der Waals surface area contributed by atoms with Crippen molar-refractivity contribution in [2.45, 2.75) is 0 Å². The van der Waals surface area contributed by atoms with E-state index in [4.69, 9.17) is 4.74 Å². The number of carbonyl (C=O) groups is 1. The Kier molecular flexibility index (Phi) is 6.04. The van der Waals surface area contributed by atoms with Crippen molar-refractivity contribution in [2.24, 2.45) is 0 Å². The van der Waals surface area contributed by atoms with Crippen molar-refractivity contribution in [3.63, 3.8) is 0 Å². The summed E-state index contributed by atoms with van der Waals surface area (Å²) in [6.07, 6.45) is 6.86. The predicted octanol–water partition coefficient (Wildman–Crippen LogP) is 2.61. The second-order valence-corrected chi connectivity index (χ2v) is 6.58. The number of anilines is 4. The standard InChI is InChI=1S/C21H22N6O2/c28-20(16-26-10-12-29-13-11-26)25-17-4-1-5-18(14-17)27(19-6-2-7-22-15-19)21-23-8-3-9-24-21/h1-9,14-15H,10-13,16H2,(H,25,28). The maximum absolute atomic E-state index is 12.5. The molecule has 1 aromatic carbocycles. The number of amides is 1. The molecule has 0 aliphatic carbocycles. The summed E-state index contributed by atoms with van der Waals surface area (Å²) in [5.74, 6) is 0.477. The van der Waals surface area contributed by atoms with Crippen molar-refractivity contribution in [1.82, 2.24) is 19.9 Å². The fourth-order valence-electron chi connectivity index (χ4n) is 3.16. The summed E-state index contributed by atoms with van der Waals surface area (Å²) in [7, 11) is 0. The van der Waals surface area contributed by atoms with Crippen molar-refractivity contribution in [2.75, 3.05) is 43.1 Å². The molecule has 1 N–H and O–H groups in total. The van der Waals surface area contributed by atoms with Gasteiger partial charge in [0.25, 0.3) is 0 Å². The Labute approximate surface area is 169 Å². The second-order valence-electron chi connectivity index (χ2n) is 6.58. The van der Waals surface area contributed by atoms with E-state index in [1.165, 1.54) is 0 Å². The molecule has 1 fully saturated rings. The van der Waals surface area contributed by atoms with Crippen molar-refractivity contribution in [1.29, 1.82) is 0 Å². The van der Waals surface area contributed by atoms with Crippen LogP contribution in [0.5, 0.6) is 0 Å². The van der Waals surface area contributed by atoms with E-state index in [0.717, 1.165) is 24.5 Å². The van der Waals surface area contributed by atoms with Crippen molar-refractivity contribution in [3.8, 4) is 0 Å². The number of hydrogen-bond acceptors (Lipinski definition) is 7. The van der Waals surface area contributed by atoms with Crippen molar-refractivity contribution < 1.29 is 9.53 Å². The molecule has 0 saturated carbocycles. The van der Waals surface area contributed by atoms with Gasteiger partial charge in [0.05, 0.1) is 37.3 Å². The number of nitrogens with one attached hydrogen (secondary N) is 1. The molecule has 1 aliphatic heterocycles. The molecule has 1 saturated heterocycles. The zero-order valence-electron chi connectivity index (χ0n) is 15.9. The maximum atomic E-state index is 12.5. The normalized spacial score (nSPS) is 14.3. The first-order valence-electron chi connectivity index (χ1n) is 9.47. The van der Waals surface area contributed by atoms with E-state index in [-0.39, 0.29) is 5.91 Å². The maximum Gasteiger partial charge on any atom is 0.238 e. The van der Waals surface area contributed by atoms with Gasteiger partial charge in [0.1, 0.15) is 0 Å². The third-order valence-electron chi connectivity index (χ3n) is 4.52. The van der Waals surface area contributed by atoms with Crippen LogP contribution in [0, 0.1) is 0 Å². The SMILES string of the molecule is O=C(CN1CCOCC1)Nc1cccc(N(c2cccnc2)c2ncccn2)c1. The summed E-state index contributed by atoms with van der Waals surface area (Å²) in [5.41, 5.74) is 2.37. The smallest absolute Gasteiger partial charge is 0.238 e. The minimum atomic E-state index is -0.0482. The molecule has 8 nitrogen and oxygen atoms in total. The van der Waals surface area contributed by atoms with E-state index >= 15 is 0 Å². The summed E-state index contributed by atoms with van der Waals surface area (Å²) < 4.78 is 5.33. The van der Waals surface area contributed by atoms with E-state index in [2.05, 4.69) is 25.2 Å². The monoisotopic (exact) mass is 390 g/mol. The minimum absolute atomic E-state index is 0.0482. The van der Waals surface area contributed by atoms with Crippen LogP contribution in [-0.4, -0.2) is 58.6 Å². The Morgan fingerprint density at radius 2 is 1.83 bits per heavy atom. The van der Waals surface area contributed by atoms with Crippen LogP contribution in [0.15, 0.2) is 67.3 Å².